The Morgan fingerprint density at radius 3 is 2.81 bits per heavy atom. The second-order valence-corrected chi connectivity index (χ2v) is 5.25. The summed E-state index contributed by atoms with van der Waals surface area (Å²) in [6.45, 7) is 4.56. The van der Waals surface area contributed by atoms with E-state index in [1.54, 1.807) is 0 Å². The molecule has 0 aromatic heterocycles. The van der Waals surface area contributed by atoms with Crippen LogP contribution in [0.2, 0.25) is 0 Å². The summed E-state index contributed by atoms with van der Waals surface area (Å²) >= 11 is 0. The van der Waals surface area contributed by atoms with Crippen molar-refractivity contribution in [1.29, 1.82) is 0 Å². The van der Waals surface area contributed by atoms with Gasteiger partial charge in [-0.3, -0.25) is 0 Å². The van der Waals surface area contributed by atoms with Crippen LogP contribution in [0, 0.1) is 11.8 Å². The third-order valence-electron chi connectivity index (χ3n) is 3.70. The molecule has 0 spiro atoms. The third-order valence-corrected chi connectivity index (χ3v) is 3.70. The number of rotatable bonds is 0. The Balaban J connectivity index is 2.25. The van der Waals surface area contributed by atoms with E-state index < -0.39 is 0 Å². The topological polar surface area (TPSA) is 0 Å². The zero-order valence-electron chi connectivity index (χ0n) is 10.0. The molecule has 16 heavy (non-hydrogen) atoms. The van der Waals surface area contributed by atoms with Crippen LogP contribution in [0.4, 0.5) is 0 Å². The number of hydrogen-bond donors (Lipinski definition) is 0. The van der Waals surface area contributed by atoms with Crippen molar-refractivity contribution in [2.45, 2.75) is 26.7 Å². The maximum atomic E-state index is 2.42. The lowest BCUT2D eigenvalue weighted by atomic mass is 9.89. The van der Waals surface area contributed by atoms with Gasteiger partial charge in [-0.15, -0.1) is 0 Å². The summed E-state index contributed by atoms with van der Waals surface area (Å²) in [4.78, 5) is 0. The molecule has 3 rings (SSSR count). The molecule has 2 atom stereocenters. The van der Waals surface area contributed by atoms with Crippen molar-refractivity contribution in [3.05, 3.63) is 39.8 Å². The molecule has 82 valence electrons. The fraction of sp³-hybridized carbons (Fsp3) is 0.375. The van der Waals surface area contributed by atoms with Gasteiger partial charge in [-0.05, 0) is 52.3 Å². The van der Waals surface area contributed by atoms with Crippen molar-refractivity contribution < 1.29 is 0 Å². The van der Waals surface area contributed by atoms with Crippen LogP contribution in [0.25, 0.3) is 18.2 Å². The van der Waals surface area contributed by atoms with E-state index >= 15 is 0 Å². The first-order valence-corrected chi connectivity index (χ1v) is 6.27. The first-order valence-electron chi connectivity index (χ1n) is 6.27. The summed E-state index contributed by atoms with van der Waals surface area (Å²) in [5.74, 6) is 1.32. The number of fused-ring (bicyclic) bond motifs is 2. The van der Waals surface area contributed by atoms with Gasteiger partial charge in [-0.25, -0.2) is 0 Å². The summed E-state index contributed by atoms with van der Waals surface area (Å²) in [6.07, 6.45) is 11.9. The zero-order valence-corrected chi connectivity index (χ0v) is 10.0. The van der Waals surface area contributed by atoms with Crippen molar-refractivity contribution in [3.63, 3.8) is 0 Å². The van der Waals surface area contributed by atoms with Crippen molar-refractivity contribution in [2.75, 3.05) is 0 Å². The van der Waals surface area contributed by atoms with Gasteiger partial charge < -0.3 is 0 Å². The Morgan fingerprint density at radius 2 is 1.94 bits per heavy atom. The second kappa shape index (κ2) is 3.62. The molecule has 2 unspecified atom stereocenters. The van der Waals surface area contributed by atoms with Gasteiger partial charge in [0, 0.05) is 0 Å². The van der Waals surface area contributed by atoms with E-state index in [0.717, 1.165) is 5.92 Å². The van der Waals surface area contributed by atoms with E-state index in [4.69, 9.17) is 0 Å². The minimum Gasteiger partial charge on any atom is -0.0773 e. The molecule has 0 heteroatoms. The Labute approximate surface area is 97.0 Å². The molecule has 1 aromatic rings. The standard InChI is InChI=1S/C16H18/c1-11-3-5-13-10-16-8-12(2)4-6-14(16)9-15(13)7-11/h3,5,7-12H,4,6H2,1-2H3. The molecular weight excluding hydrogens is 192 g/mol. The van der Waals surface area contributed by atoms with Gasteiger partial charge in [-0.1, -0.05) is 44.2 Å². The maximum absolute atomic E-state index is 2.42. The van der Waals surface area contributed by atoms with Gasteiger partial charge in [0.1, 0.15) is 0 Å². The summed E-state index contributed by atoms with van der Waals surface area (Å²) in [5, 5.41) is 2.89. The molecule has 0 nitrogen and oxygen atoms in total. The van der Waals surface area contributed by atoms with E-state index in [0.29, 0.717) is 5.92 Å². The van der Waals surface area contributed by atoms with Crippen LogP contribution in [-0.4, -0.2) is 0 Å². The average molecular weight is 210 g/mol. The van der Waals surface area contributed by atoms with Gasteiger partial charge in [0.2, 0.25) is 0 Å². The smallest absolute Gasteiger partial charge is 0.00693 e. The predicted molar refractivity (Wildman–Crippen MR) is 70.3 cm³/mol. The van der Waals surface area contributed by atoms with Crippen LogP contribution < -0.4 is 10.4 Å². The molecule has 0 radical (unpaired) electrons. The first kappa shape index (κ1) is 9.89. The Kier molecular flexibility index (Phi) is 2.24. The van der Waals surface area contributed by atoms with E-state index in [2.05, 4.69) is 50.3 Å². The van der Waals surface area contributed by atoms with Gasteiger partial charge in [0.15, 0.2) is 0 Å². The van der Waals surface area contributed by atoms with Crippen molar-refractivity contribution in [2.24, 2.45) is 11.8 Å². The highest BCUT2D eigenvalue weighted by Gasteiger charge is 2.10. The van der Waals surface area contributed by atoms with Gasteiger partial charge in [0.05, 0.1) is 0 Å². The molecular formula is C16H18. The average Bonchev–Trinajstić information content (AvgIpc) is 2.26. The van der Waals surface area contributed by atoms with Gasteiger partial charge in [-0.2, -0.15) is 0 Å². The molecule has 0 fully saturated rings. The molecule has 1 aromatic carbocycles. The monoisotopic (exact) mass is 210 g/mol. The molecule has 0 amide bonds. The van der Waals surface area contributed by atoms with Crippen LogP contribution in [0.1, 0.15) is 31.4 Å². The van der Waals surface area contributed by atoms with E-state index in [-0.39, 0.29) is 0 Å². The quantitative estimate of drug-likeness (QED) is 0.617. The minimum atomic E-state index is 0.581. The molecule has 0 aliphatic heterocycles. The molecule has 0 saturated heterocycles. The van der Waals surface area contributed by atoms with Crippen molar-refractivity contribution in [1.82, 2.24) is 0 Å². The molecule has 2 aliphatic rings. The second-order valence-electron chi connectivity index (χ2n) is 5.25. The lowest BCUT2D eigenvalue weighted by Gasteiger charge is -2.16. The van der Waals surface area contributed by atoms with Crippen LogP contribution in [0.5, 0.6) is 0 Å². The first-order chi connectivity index (χ1) is 7.72. The van der Waals surface area contributed by atoms with E-state index in [1.807, 2.05) is 0 Å². The van der Waals surface area contributed by atoms with Gasteiger partial charge in [0.25, 0.3) is 0 Å². The maximum Gasteiger partial charge on any atom is -0.00693 e. The Hall–Kier alpha value is -1.30. The Morgan fingerprint density at radius 1 is 1.06 bits per heavy atom. The summed E-state index contributed by atoms with van der Waals surface area (Å²) in [7, 11) is 0. The minimum absolute atomic E-state index is 0.581. The summed E-state index contributed by atoms with van der Waals surface area (Å²) < 4.78 is 0. The fourth-order valence-corrected chi connectivity index (χ4v) is 2.73. The highest BCUT2D eigenvalue weighted by Crippen LogP contribution is 2.15. The SMILES string of the molecule is CC1C=Cc2cc3c(cc2=C1)CCC(C)C=3. The van der Waals surface area contributed by atoms with Crippen molar-refractivity contribution in [3.8, 4) is 0 Å². The summed E-state index contributed by atoms with van der Waals surface area (Å²) in [6, 6.07) is 4.76. The van der Waals surface area contributed by atoms with Gasteiger partial charge >= 0.3 is 0 Å². The van der Waals surface area contributed by atoms with E-state index in [1.165, 1.54) is 34.4 Å². The molecule has 0 saturated carbocycles. The normalized spacial score (nSPS) is 26.4. The number of benzene rings is 1. The predicted octanol–water partition coefficient (Wildman–Crippen LogP) is 2.49. The number of aryl methyl sites for hydroxylation is 1. The molecule has 0 heterocycles. The van der Waals surface area contributed by atoms with Crippen LogP contribution in [0.15, 0.2) is 18.2 Å². The number of allylic oxidation sites excluding steroid dienone is 1. The fourth-order valence-electron chi connectivity index (χ4n) is 2.73. The van der Waals surface area contributed by atoms with Crippen molar-refractivity contribution >= 4 is 18.2 Å². The molecule has 2 aliphatic carbocycles. The molecule has 0 N–H and O–H groups in total. The van der Waals surface area contributed by atoms with E-state index in [9.17, 15) is 0 Å². The lowest BCUT2D eigenvalue weighted by molar-refractivity contribution is 0.659. The lowest BCUT2D eigenvalue weighted by Crippen LogP contribution is -2.24. The summed E-state index contributed by atoms with van der Waals surface area (Å²) in [5.41, 5.74) is 2.93. The highest BCUT2D eigenvalue weighted by molar-refractivity contribution is 5.60. The number of hydrogen-bond acceptors (Lipinski definition) is 0. The van der Waals surface area contributed by atoms with Crippen LogP contribution >= 0.6 is 0 Å². The van der Waals surface area contributed by atoms with Crippen LogP contribution in [0.3, 0.4) is 0 Å². The Bertz CT molecular complexity index is 560. The highest BCUT2D eigenvalue weighted by atomic mass is 14.1. The zero-order chi connectivity index (χ0) is 11.1. The third kappa shape index (κ3) is 1.63. The molecule has 0 bridgehead atoms. The largest absolute Gasteiger partial charge is 0.0773 e. The van der Waals surface area contributed by atoms with Crippen LogP contribution in [-0.2, 0) is 6.42 Å².